The Balaban J connectivity index is 1.60. The molecule has 0 spiro atoms. The topological polar surface area (TPSA) is 68.3 Å². The number of fused-ring (bicyclic) bond motifs is 2. The van der Waals surface area contributed by atoms with Crippen LogP contribution >= 0.6 is 0 Å². The third kappa shape index (κ3) is 4.35. The lowest BCUT2D eigenvalue weighted by molar-refractivity contribution is -0.124. The molecule has 0 unspecified atom stereocenters. The lowest BCUT2D eigenvalue weighted by Crippen LogP contribution is -2.36. The highest BCUT2D eigenvalue weighted by Gasteiger charge is 2.33. The van der Waals surface area contributed by atoms with Gasteiger partial charge in [-0.25, -0.2) is 4.79 Å². The molecule has 0 bridgehead atoms. The van der Waals surface area contributed by atoms with E-state index < -0.39 is 5.97 Å². The van der Waals surface area contributed by atoms with E-state index in [1.165, 1.54) is 0 Å². The molecule has 1 amide bonds. The Hall–Kier alpha value is -2.43. The van der Waals surface area contributed by atoms with Crippen LogP contribution in [-0.4, -0.2) is 29.5 Å². The summed E-state index contributed by atoms with van der Waals surface area (Å²) in [6, 6.07) is 7.95. The number of hydrogen-bond acceptors (Lipinski definition) is 4. The van der Waals surface area contributed by atoms with Gasteiger partial charge in [-0.3, -0.25) is 9.78 Å². The highest BCUT2D eigenvalue weighted by atomic mass is 16.5. The Morgan fingerprint density at radius 3 is 2.60 bits per heavy atom. The largest absolute Gasteiger partial charge is 0.452 e. The molecule has 30 heavy (non-hydrogen) atoms. The number of pyridine rings is 1. The number of nitrogens with one attached hydrogen (secondary N) is 1. The Labute approximate surface area is 178 Å². The quantitative estimate of drug-likeness (QED) is 0.751. The average molecular weight is 409 g/mol. The summed E-state index contributed by atoms with van der Waals surface area (Å²) < 4.78 is 5.52. The van der Waals surface area contributed by atoms with Crippen molar-refractivity contribution in [1.29, 1.82) is 0 Å². The van der Waals surface area contributed by atoms with Crippen molar-refractivity contribution in [2.24, 2.45) is 11.3 Å². The lowest BCUT2D eigenvalue weighted by atomic mass is 9.70. The standard InChI is InChI=1S/C25H32N2O3/c1-25(2,3)16-12-13-21-19(14-16)23(18-10-6-7-11-20(18)27-21)24(29)30-15-22(28)26-17-8-4-5-9-17/h6-7,10-11,16-17H,4-5,8-9,12-15H2,1-3H3,(H,26,28)/t16-/m1/s1. The van der Waals surface area contributed by atoms with Gasteiger partial charge in [0.05, 0.1) is 11.1 Å². The molecule has 4 rings (SSSR count). The molecule has 0 aliphatic heterocycles. The minimum absolute atomic E-state index is 0.158. The van der Waals surface area contributed by atoms with Crippen molar-refractivity contribution < 1.29 is 14.3 Å². The first-order valence-corrected chi connectivity index (χ1v) is 11.2. The Morgan fingerprint density at radius 2 is 1.87 bits per heavy atom. The van der Waals surface area contributed by atoms with Crippen LogP contribution in [0, 0.1) is 11.3 Å². The van der Waals surface area contributed by atoms with E-state index in [4.69, 9.17) is 9.72 Å². The number of amides is 1. The fraction of sp³-hybridized carbons (Fsp3) is 0.560. The van der Waals surface area contributed by atoms with Crippen LogP contribution in [0.5, 0.6) is 0 Å². The second-order valence-corrected chi connectivity index (χ2v) is 9.86. The van der Waals surface area contributed by atoms with E-state index in [0.717, 1.165) is 67.1 Å². The number of hydrogen-bond donors (Lipinski definition) is 1. The van der Waals surface area contributed by atoms with E-state index >= 15 is 0 Å². The minimum Gasteiger partial charge on any atom is -0.452 e. The predicted octanol–water partition coefficient (Wildman–Crippen LogP) is 4.60. The minimum atomic E-state index is -0.416. The van der Waals surface area contributed by atoms with E-state index in [9.17, 15) is 9.59 Å². The molecule has 2 aromatic rings. The van der Waals surface area contributed by atoms with E-state index in [1.54, 1.807) is 0 Å². The molecule has 1 saturated carbocycles. The number of carbonyl (C=O) groups excluding carboxylic acids is 2. The zero-order valence-corrected chi connectivity index (χ0v) is 18.3. The summed E-state index contributed by atoms with van der Waals surface area (Å²) in [4.78, 5) is 30.3. The molecule has 1 atom stereocenters. The fourth-order valence-electron chi connectivity index (χ4n) is 4.90. The first-order valence-electron chi connectivity index (χ1n) is 11.2. The normalized spacial score (nSPS) is 19.5. The van der Waals surface area contributed by atoms with E-state index in [-0.39, 0.29) is 24.0 Å². The summed E-state index contributed by atoms with van der Waals surface area (Å²) in [5.74, 6) is -0.152. The molecule has 5 nitrogen and oxygen atoms in total. The predicted molar refractivity (Wildman–Crippen MR) is 117 cm³/mol. The van der Waals surface area contributed by atoms with Crippen LogP contribution in [0.25, 0.3) is 10.9 Å². The Bertz CT molecular complexity index is 955. The Morgan fingerprint density at radius 1 is 1.13 bits per heavy atom. The number of nitrogens with zero attached hydrogens (tertiary/aromatic N) is 1. The second kappa shape index (κ2) is 8.37. The number of rotatable bonds is 4. The highest BCUT2D eigenvalue weighted by Crippen LogP contribution is 2.39. The average Bonchev–Trinajstić information content (AvgIpc) is 3.22. The number of aromatic nitrogens is 1. The first kappa shape index (κ1) is 20.8. The summed E-state index contributed by atoms with van der Waals surface area (Å²) >= 11 is 0. The molecule has 2 aliphatic rings. The lowest BCUT2D eigenvalue weighted by Gasteiger charge is -2.35. The molecule has 0 radical (unpaired) electrons. The van der Waals surface area contributed by atoms with E-state index in [2.05, 4.69) is 26.1 Å². The van der Waals surface area contributed by atoms with Crippen LogP contribution in [0.4, 0.5) is 0 Å². The van der Waals surface area contributed by atoms with Gasteiger partial charge >= 0.3 is 5.97 Å². The second-order valence-electron chi connectivity index (χ2n) is 9.86. The zero-order valence-electron chi connectivity index (χ0n) is 18.3. The van der Waals surface area contributed by atoms with Gasteiger partial charge in [-0.05, 0) is 55.1 Å². The van der Waals surface area contributed by atoms with Gasteiger partial charge in [-0.15, -0.1) is 0 Å². The van der Waals surface area contributed by atoms with E-state index in [0.29, 0.717) is 11.5 Å². The molecule has 160 valence electrons. The van der Waals surface area contributed by atoms with Crippen LogP contribution in [0.15, 0.2) is 24.3 Å². The van der Waals surface area contributed by atoms with Crippen LogP contribution in [0.2, 0.25) is 0 Å². The highest BCUT2D eigenvalue weighted by molar-refractivity contribution is 6.05. The molecule has 1 heterocycles. The molecular formula is C25H32N2O3. The number of carbonyl (C=O) groups is 2. The molecule has 0 saturated heterocycles. The van der Waals surface area contributed by atoms with Crippen molar-refractivity contribution in [3.63, 3.8) is 0 Å². The molecule has 1 aromatic heterocycles. The number of benzene rings is 1. The van der Waals surface area contributed by atoms with Crippen LogP contribution in [0.3, 0.4) is 0 Å². The van der Waals surface area contributed by atoms with Gasteiger partial charge in [0.15, 0.2) is 6.61 Å². The molecule has 5 heteroatoms. The Kier molecular flexibility index (Phi) is 5.81. The molecular weight excluding hydrogens is 376 g/mol. The van der Waals surface area contributed by atoms with Crippen molar-refractivity contribution in [2.45, 2.75) is 71.8 Å². The van der Waals surface area contributed by atoms with Gasteiger partial charge in [0.2, 0.25) is 0 Å². The summed E-state index contributed by atoms with van der Waals surface area (Å²) in [7, 11) is 0. The third-order valence-corrected chi connectivity index (χ3v) is 6.74. The first-order chi connectivity index (χ1) is 14.3. The summed E-state index contributed by atoms with van der Waals surface area (Å²) in [6.07, 6.45) is 7.07. The SMILES string of the molecule is CC(C)(C)[C@@H]1CCc2nc3ccccc3c(C(=O)OCC(=O)NC3CCCC3)c2C1. The van der Waals surface area contributed by atoms with Crippen molar-refractivity contribution in [3.8, 4) is 0 Å². The van der Waals surface area contributed by atoms with Gasteiger partial charge in [0.25, 0.3) is 5.91 Å². The van der Waals surface area contributed by atoms with Crippen LogP contribution in [-0.2, 0) is 22.4 Å². The van der Waals surface area contributed by atoms with Crippen molar-refractivity contribution >= 4 is 22.8 Å². The van der Waals surface area contributed by atoms with Gasteiger partial charge in [-0.2, -0.15) is 0 Å². The summed E-state index contributed by atoms with van der Waals surface area (Å²) in [6.45, 7) is 6.52. The van der Waals surface area contributed by atoms with Crippen LogP contribution < -0.4 is 5.32 Å². The van der Waals surface area contributed by atoms with Gasteiger partial charge < -0.3 is 10.1 Å². The van der Waals surface area contributed by atoms with Gasteiger partial charge in [0.1, 0.15) is 0 Å². The van der Waals surface area contributed by atoms with Crippen molar-refractivity contribution in [1.82, 2.24) is 10.3 Å². The van der Waals surface area contributed by atoms with Crippen LogP contribution in [0.1, 0.15) is 74.5 Å². The number of ether oxygens (including phenoxy) is 1. The number of aryl methyl sites for hydroxylation is 1. The molecule has 1 aromatic carbocycles. The van der Waals surface area contributed by atoms with Gasteiger partial charge in [-0.1, -0.05) is 51.8 Å². The molecule has 1 fully saturated rings. The van der Waals surface area contributed by atoms with Crippen molar-refractivity contribution in [3.05, 3.63) is 41.1 Å². The number of para-hydroxylation sites is 1. The fourth-order valence-corrected chi connectivity index (χ4v) is 4.90. The number of esters is 1. The van der Waals surface area contributed by atoms with Crippen molar-refractivity contribution in [2.75, 3.05) is 6.61 Å². The van der Waals surface area contributed by atoms with E-state index in [1.807, 2.05) is 24.3 Å². The summed E-state index contributed by atoms with van der Waals surface area (Å²) in [5, 5.41) is 3.80. The zero-order chi connectivity index (χ0) is 21.3. The summed E-state index contributed by atoms with van der Waals surface area (Å²) in [5.41, 5.74) is 3.56. The smallest absolute Gasteiger partial charge is 0.339 e. The maximum atomic E-state index is 13.2. The van der Waals surface area contributed by atoms with Gasteiger partial charge in [0, 0.05) is 17.1 Å². The maximum absolute atomic E-state index is 13.2. The third-order valence-electron chi connectivity index (χ3n) is 6.74. The monoisotopic (exact) mass is 408 g/mol. The molecule has 2 aliphatic carbocycles. The maximum Gasteiger partial charge on any atom is 0.339 e. The molecule has 1 N–H and O–H groups in total.